The third kappa shape index (κ3) is 3.42. The predicted octanol–water partition coefficient (Wildman–Crippen LogP) is 1.43. The molecular weight excluding hydrogens is 170 g/mol. The van der Waals surface area contributed by atoms with E-state index in [2.05, 4.69) is 22.4 Å². The highest BCUT2D eigenvalue weighted by atomic mass is 16.5. The first-order chi connectivity index (χ1) is 6.36. The number of anilines is 1. The van der Waals surface area contributed by atoms with Crippen molar-refractivity contribution in [3.05, 3.63) is 5.82 Å². The molecule has 0 bridgehead atoms. The average Bonchev–Trinajstić information content (AvgIpc) is 2.54. The lowest BCUT2D eigenvalue weighted by molar-refractivity contribution is 0.114. The number of nitrogens with one attached hydrogen (secondary N) is 1. The minimum Gasteiger partial charge on any atom is -0.373 e. The molecule has 0 saturated carbocycles. The van der Waals surface area contributed by atoms with Crippen LogP contribution < -0.4 is 5.32 Å². The van der Waals surface area contributed by atoms with Gasteiger partial charge in [0.2, 0.25) is 0 Å². The molecule has 13 heavy (non-hydrogen) atoms. The molecule has 1 aromatic rings. The first kappa shape index (κ1) is 9.98. The van der Waals surface area contributed by atoms with Gasteiger partial charge in [-0.3, -0.25) is 0 Å². The highest BCUT2D eigenvalue weighted by Gasteiger charge is 2.03. The zero-order chi connectivity index (χ0) is 9.52. The van der Waals surface area contributed by atoms with Crippen molar-refractivity contribution in [1.82, 2.24) is 10.1 Å². The van der Waals surface area contributed by atoms with Crippen molar-refractivity contribution < 1.29 is 9.26 Å². The Morgan fingerprint density at radius 1 is 1.46 bits per heavy atom. The van der Waals surface area contributed by atoms with Crippen molar-refractivity contribution >= 4 is 6.01 Å². The average molecular weight is 185 g/mol. The zero-order valence-electron chi connectivity index (χ0n) is 8.04. The second kappa shape index (κ2) is 5.53. The topological polar surface area (TPSA) is 60.2 Å². The van der Waals surface area contributed by atoms with E-state index < -0.39 is 0 Å². The Morgan fingerprint density at radius 2 is 2.31 bits per heavy atom. The number of aromatic nitrogens is 2. The standard InChI is InChI=1S/C8H15N3O2/c1-3-5-12-6-7-10-8(9-4-2)13-11-7/h3-6H2,1-2H3,(H,9,10,11). The quantitative estimate of drug-likeness (QED) is 0.679. The van der Waals surface area contributed by atoms with Gasteiger partial charge in [-0.1, -0.05) is 12.1 Å². The molecule has 5 nitrogen and oxygen atoms in total. The predicted molar refractivity (Wildman–Crippen MR) is 48.4 cm³/mol. The van der Waals surface area contributed by atoms with Gasteiger partial charge in [0.25, 0.3) is 0 Å². The number of nitrogens with zero attached hydrogens (tertiary/aromatic N) is 2. The van der Waals surface area contributed by atoms with E-state index >= 15 is 0 Å². The summed E-state index contributed by atoms with van der Waals surface area (Å²) in [5.74, 6) is 0.587. The maximum atomic E-state index is 5.25. The lowest BCUT2D eigenvalue weighted by Crippen LogP contribution is -1.98. The second-order valence-electron chi connectivity index (χ2n) is 2.60. The van der Waals surface area contributed by atoms with E-state index in [1.807, 2.05) is 6.92 Å². The van der Waals surface area contributed by atoms with Crippen LogP contribution in [0, 0.1) is 0 Å². The van der Waals surface area contributed by atoms with Crippen LogP contribution >= 0.6 is 0 Å². The first-order valence-electron chi connectivity index (χ1n) is 4.51. The summed E-state index contributed by atoms with van der Waals surface area (Å²) in [5.41, 5.74) is 0. The Balaban J connectivity index is 2.31. The molecule has 1 N–H and O–H groups in total. The van der Waals surface area contributed by atoms with Crippen LogP contribution in [0.25, 0.3) is 0 Å². The maximum Gasteiger partial charge on any atom is 0.321 e. The molecule has 0 amide bonds. The van der Waals surface area contributed by atoms with Crippen molar-refractivity contribution in [3.8, 4) is 0 Å². The van der Waals surface area contributed by atoms with Crippen molar-refractivity contribution in [1.29, 1.82) is 0 Å². The number of ether oxygens (including phenoxy) is 1. The number of hydrogen-bond acceptors (Lipinski definition) is 5. The highest BCUT2D eigenvalue weighted by molar-refractivity contribution is 5.16. The van der Waals surface area contributed by atoms with Crippen LogP contribution in [0.15, 0.2) is 4.52 Å². The fraction of sp³-hybridized carbons (Fsp3) is 0.750. The normalized spacial score (nSPS) is 10.3. The maximum absolute atomic E-state index is 5.25. The monoisotopic (exact) mass is 185 g/mol. The van der Waals surface area contributed by atoms with E-state index in [0.717, 1.165) is 19.6 Å². The molecule has 1 rings (SSSR count). The Hall–Kier alpha value is -1.10. The van der Waals surface area contributed by atoms with Crippen molar-refractivity contribution in [3.63, 3.8) is 0 Å². The Labute approximate surface area is 77.5 Å². The summed E-state index contributed by atoms with van der Waals surface area (Å²) in [7, 11) is 0. The van der Waals surface area contributed by atoms with Gasteiger partial charge in [-0.25, -0.2) is 0 Å². The molecule has 0 spiro atoms. The van der Waals surface area contributed by atoms with E-state index in [4.69, 9.17) is 9.26 Å². The summed E-state index contributed by atoms with van der Waals surface area (Å²) in [4.78, 5) is 4.06. The van der Waals surface area contributed by atoms with Gasteiger partial charge in [-0.05, 0) is 13.3 Å². The summed E-state index contributed by atoms with van der Waals surface area (Å²) < 4.78 is 10.1. The molecule has 0 unspecified atom stereocenters. The molecule has 74 valence electrons. The van der Waals surface area contributed by atoms with Crippen LogP contribution in [-0.2, 0) is 11.3 Å². The van der Waals surface area contributed by atoms with Crippen LogP contribution in [-0.4, -0.2) is 23.3 Å². The third-order valence-electron chi connectivity index (χ3n) is 1.38. The van der Waals surface area contributed by atoms with Gasteiger partial charge in [0.15, 0.2) is 5.82 Å². The molecule has 5 heteroatoms. The van der Waals surface area contributed by atoms with Crippen LogP contribution in [0.2, 0.25) is 0 Å². The fourth-order valence-electron chi connectivity index (χ4n) is 0.843. The molecule has 0 aliphatic rings. The van der Waals surface area contributed by atoms with Crippen LogP contribution in [0.4, 0.5) is 6.01 Å². The smallest absolute Gasteiger partial charge is 0.321 e. The Bertz CT molecular complexity index is 237. The zero-order valence-corrected chi connectivity index (χ0v) is 8.04. The summed E-state index contributed by atoms with van der Waals surface area (Å²) in [6, 6.07) is 0.456. The molecule has 0 fully saturated rings. The Morgan fingerprint density at radius 3 is 3.00 bits per heavy atom. The SMILES string of the molecule is CCCOCc1noc(NCC)n1. The van der Waals surface area contributed by atoms with Gasteiger partial charge in [-0.2, -0.15) is 4.98 Å². The van der Waals surface area contributed by atoms with Gasteiger partial charge in [0, 0.05) is 13.2 Å². The van der Waals surface area contributed by atoms with Gasteiger partial charge >= 0.3 is 6.01 Å². The van der Waals surface area contributed by atoms with Crippen LogP contribution in [0.5, 0.6) is 0 Å². The summed E-state index contributed by atoms with van der Waals surface area (Å²) >= 11 is 0. The summed E-state index contributed by atoms with van der Waals surface area (Å²) in [5, 5.41) is 6.66. The van der Waals surface area contributed by atoms with Crippen molar-refractivity contribution in [2.24, 2.45) is 0 Å². The van der Waals surface area contributed by atoms with Crippen molar-refractivity contribution in [2.75, 3.05) is 18.5 Å². The number of rotatable bonds is 6. The summed E-state index contributed by atoms with van der Waals surface area (Å²) in [6.07, 6.45) is 0.998. The fourth-order valence-corrected chi connectivity index (χ4v) is 0.843. The molecule has 0 atom stereocenters. The molecular formula is C8H15N3O2. The second-order valence-corrected chi connectivity index (χ2v) is 2.60. The van der Waals surface area contributed by atoms with Gasteiger partial charge in [0.05, 0.1) is 0 Å². The van der Waals surface area contributed by atoms with E-state index in [1.165, 1.54) is 0 Å². The van der Waals surface area contributed by atoms with Crippen molar-refractivity contribution in [2.45, 2.75) is 26.9 Å². The molecule has 0 saturated heterocycles. The minimum atomic E-state index is 0.419. The molecule has 0 aromatic carbocycles. The lowest BCUT2D eigenvalue weighted by Gasteiger charge is -1.95. The minimum absolute atomic E-state index is 0.419. The van der Waals surface area contributed by atoms with Gasteiger partial charge < -0.3 is 14.6 Å². The van der Waals surface area contributed by atoms with E-state index in [1.54, 1.807) is 0 Å². The lowest BCUT2D eigenvalue weighted by atomic mass is 10.5. The molecule has 1 aromatic heterocycles. The van der Waals surface area contributed by atoms with Crippen LogP contribution in [0.3, 0.4) is 0 Å². The first-order valence-corrected chi connectivity index (χ1v) is 4.51. The molecule has 0 aliphatic carbocycles. The van der Waals surface area contributed by atoms with Crippen LogP contribution in [0.1, 0.15) is 26.1 Å². The Kier molecular flexibility index (Phi) is 4.25. The largest absolute Gasteiger partial charge is 0.373 e. The molecule has 0 aliphatic heterocycles. The van der Waals surface area contributed by atoms with Gasteiger partial charge in [-0.15, -0.1) is 0 Å². The summed E-state index contributed by atoms with van der Waals surface area (Å²) in [6.45, 7) is 5.95. The van der Waals surface area contributed by atoms with E-state index in [9.17, 15) is 0 Å². The van der Waals surface area contributed by atoms with Gasteiger partial charge in [0.1, 0.15) is 6.61 Å². The highest BCUT2D eigenvalue weighted by Crippen LogP contribution is 2.03. The van der Waals surface area contributed by atoms with E-state index in [0.29, 0.717) is 18.4 Å². The number of hydrogen-bond donors (Lipinski definition) is 1. The third-order valence-corrected chi connectivity index (χ3v) is 1.38. The molecule has 0 radical (unpaired) electrons. The molecule has 1 heterocycles. The van der Waals surface area contributed by atoms with E-state index in [-0.39, 0.29) is 0 Å².